The number of amides is 16. The number of rotatable bonds is 24. The SMILES string of the molecule is CCCC[C@H]1C(=O)N2C[C@@H](O)C[C@@H]2C(=O)N[C@@H](CC(=O)O)C(=O)N[C@H](C(C)C)C(=O)N(C)[C@@H](Cc2ccccc2)C(=O)N[C@@H](CCC(=O)O)C(=O)N2CCCC[C@@H]2C(=O)N[C@H](Cc2c[nH]c3ccccc23)C(=O)N[C@@H](Cc2ccc(O)cc2)C(=O)N[C@@H](CC(N)=O)C(=O)N[C@H](C(=O)NCC(N)=O)CSCC(=O)N[C@@H](Cc2cc(F)c(F)c(F)c2)C(=O)N(C)[C@@H](Cc2ccc(F)cc2)C(=O)N1C. The van der Waals surface area contributed by atoms with Crippen molar-refractivity contribution < 1.29 is 124 Å². The number of aromatic nitrogens is 1. The number of aliphatic hydroxyl groups excluding tert-OH is 1. The number of fused-ring (bicyclic) bond motifs is 3. The van der Waals surface area contributed by atoms with Gasteiger partial charge in [0.15, 0.2) is 17.5 Å². The minimum absolute atomic E-state index is 0.108. The number of carboxylic acids is 2. The maximum atomic E-state index is 15.7. The van der Waals surface area contributed by atoms with Crippen LogP contribution in [0.5, 0.6) is 5.75 Å². The van der Waals surface area contributed by atoms with E-state index in [0.29, 0.717) is 52.3 Å². The lowest BCUT2D eigenvalue weighted by atomic mass is 9.97. The minimum Gasteiger partial charge on any atom is -0.508 e. The molecule has 5 aromatic carbocycles. The quantitative estimate of drug-likeness (QED) is 0.0281. The van der Waals surface area contributed by atoms with E-state index in [4.69, 9.17) is 11.5 Å². The summed E-state index contributed by atoms with van der Waals surface area (Å²) in [6.45, 7) is 2.97. The Morgan fingerprint density at radius 3 is 1.71 bits per heavy atom. The number of phenolic OH excluding ortho intramolecular Hbond substituents is 1. The molecule has 44 heteroatoms. The molecule has 0 saturated carbocycles. The van der Waals surface area contributed by atoms with Crippen LogP contribution in [0, 0.1) is 29.2 Å². The summed E-state index contributed by atoms with van der Waals surface area (Å²) < 4.78 is 59.8. The number of aromatic amines is 1. The first-order valence-corrected chi connectivity index (χ1v) is 45.3. The third-order valence-corrected chi connectivity index (χ3v) is 24.7. The third kappa shape index (κ3) is 29.2. The number of hydrogen-bond donors (Lipinski definition) is 16. The largest absolute Gasteiger partial charge is 0.508 e. The number of halogens is 4. The lowest BCUT2D eigenvalue weighted by Crippen LogP contribution is -2.63. The van der Waals surface area contributed by atoms with Gasteiger partial charge in [0.25, 0.3) is 0 Å². The number of primary amides is 2. The molecule has 4 heterocycles. The molecule has 6 aromatic rings. The van der Waals surface area contributed by atoms with Crippen LogP contribution in [0.25, 0.3) is 10.9 Å². The summed E-state index contributed by atoms with van der Waals surface area (Å²) >= 11 is 0.532. The van der Waals surface area contributed by atoms with E-state index in [0.717, 1.165) is 50.7 Å². The van der Waals surface area contributed by atoms with Crippen LogP contribution in [0.1, 0.15) is 119 Å². The highest BCUT2D eigenvalue weighted by Crippen LogP contribution is 2.29. The third-order valence-electron chi connectivity index (χ3n) is 23.7. The van der Waals surface area contributed by atoms with Crippen molar-refractivity contribution in [3.63, 3.8) is 0 Å². The molecule has 39 nitrogen and oxygen atoms in total. The molecule has 3 aliphatic rings. The van der Waals surface area contributed by atoms with Gasteiger partial charge in [0, 0.05) is 102 Å². The summed E-state index contributed by atoms with van der Waals surface area (Å²) in [5.74, 6) is -30.3. The number of H-pyrrole nitrogens is 1. The number of unbranched alkanes of at least 4 members (excludes halogenated alkanes) is 1. The summed E-state index contributed by atoms with van der Waals surface area (Å²) in [6.07, 6.45) is -6.10. The Kier molecular flexibility index (Phi) is 38.2. The number of likely N-dealkylation sites (N-methyl/N-ethyl adjacent to an activating group) is 3. The van der Waals surface area contributed by atoms with Gasteiger partial charge >= 0.3 is 11.9 Å². The molecule has 0 aliphatic carbocycles. The van der Waals surface area contributed by atoms with Gasteiger partial charge < -0.3 is 109 Å². The molecule has 0 spiro atoms. The van der Waals surface area contributed by atoms with Crippen molar-refractivity contribution >= 4 is 129 Å². The van der Waals surface area contributed by atoms with E-state index in [1.165, 1.54) is 63.5 Å². The van der Waals surface area contributed by atoms with Crippen LogP contribution in [0.15, 0.2) is 121 Å². The highest BCUT2D eigenvalue weighted by atomic mass is 32.2. The van der Waals surface area contributed by atoms with Crippen LogP contribution in [0.2, 0.25) is 0 Å². The number of aromatic hydroxyl groups is 1. The van der Waals surface area contributed by atoms with Gasteiger partial charge in [-0.2, -0.15) is 0 Å². The highest BCUT2D eigenvalue weighted by Gasteiger charge is 2.48. The maximum absolute atomic E-state index is 15.7. The van der Waals surface area contributed by atoms with Gasteiger partial charge in [0.05, 0.1) is 31.2 Å². The van der Waals surface area contributed by atoms with E-state index < -0.39 is 302 Å². The Morgan fingerprint density at radius 1 is 0.522 bits per heavy atom. The van der Waals surface area contributed by atoms with E-state index in [2.05, 4.69) is 52.8 Å². The van der Waals surface area contributed by atoms with Crippen LogP contribution in [0.3, 0.4) is 0 Å². The molecule has 1 aromatic heterocycles. The summed E-state index contributed by atoms with van der Waals surface area (Å²) in [6, 6.07) is 2.07. The topological polar surface area (TPSA) is 580 Å². The minimum atomic E-state index is -2.09. The number of nitrogens with zero attached hydrogens (tertiary/aromatic N) is 5. The highest BCUT2D eigenvalue weighted by molar-refractivity contribution is 8.00. The summed E-state index contributed by atoms with van der Waals surface area (Å²) in [5, 5.41) is 65.1. The maximum Gasteiger partial charge on any atom is 0.305 e. The zero-order valence-electron chi connectivity index (χ0n) is 75.5. The van der Waals surface area contributed by atoms with Gasteiger partial charge in [-0.3, -0.25) is 86.3 Å². The van der Waals surface area contributed by atoms with Gasteiger partial charge in [-0.05, 0) is 108 Å². The van der Waals surface area contributed by atoms with Gasteiger partial charge in [-0.1, -0.05) is 106 Å². The van der Waals surface area contributed by atoms with Gasteiger partial charge in [0.2, 0.25) is 94.5 Å². The fraction of sp³-hybridized carbons (Fsp3) is 0.457. The first-order valence-electron chi connectivity index (χ1n) is 44.1. The summed E-state index contributed by atoms with van der Waals surface area (Å²) in [4.78, 5) is 270. The predicted molar refractivity (Wildman–Crippen MR) is 482 cm³/mol. The van der Waals surface area contributed by atoms with Crippen molar-refractivity contribution in [2.45, 2.75) is 208 Å². The van der Waals surface area contributed by atoms with E-state index in [1.807, 2.05) is 0 Å². The molecule has 3 fully saturated rings. The molecule has 732 valence electrons. The number of aliphatic hydroxyl groups is 1. The first-order chi connectivity index (χ1) is 64.5. The Morgan fingerprint density at radius 2 is 1.07 bits per heavy atom. The molecular weight excluding hydrogens is 1800 g/mol. The van der Waals surface area contributed by atoms with Crippen molar-refractivity contribution in [3.05, 3.63) is 173 Å². The Balaban J connectivity index is 1.15. The summed E-state index contributed by atoms with van der Waals surface area (Å²) in [5.41, 5.74) is 12.4. The van der Waals surface area contributed by atoms with Crippen molar-refractivity contribution in [2.24, 2.45) is 17.4 Å². The van der Waals surface area contributed by atoms with Crippen molar-refractivity contribution in [2.75, 3.05) is 52.3 Å². The second kappa shape index (κ2) is 49.2. The molecule has 14 atom stereocenters. The number of nitrogens with two attached hydrogens (primary N) is 2. The lowest BCUT2D eigenvalue weighted by Gasteiger charge is -2.38. The van der Waals surface area contributed by atoms with E-state index in [-0.39, 0.29) is 68.4 Å². The number of nitrogens with one attached hydrogen (secondary N) is 10. The van der Waals surface area contributed by atoms with Crippen molar-refractivity contribution in [1.29, 1.82) is 0 Å². The Hall–Kier alpha value is -14.1. The van der Waals surface area contributed by atoms with Crippen LogP contribution in [-0.2, 0) is 118 Å². The van der Waals surface area contributed by atoms with E-state index >= 15 is 51.9 Å². The number of phenols is 1. The molecule has 0 radical (unpaired) electrons. The second-order valence-electron chi connectivity index (χ2n) is 34.1. The molecule has 3 saturated heterocycles. The number of aliphatic carboxylic acids is 2. The fourth-order valence-corrected chi connectivity index (χ4v) is 17.2. The number of thioether (sulfide) groups is 1. The second-order valence-corrected chi connectivity index (χ2v) is 35.2. The molecule has 0 unspecified atom stereocenters. The molecular formula is C92H113F4N17O22S. The van der Waals surface area contributed by atoms with E-state index in [9.17, 15) is 72.4 Å². The number of para-hydroxylation sites is 1. The van der Waals surface area contributed by atoms with Crippen LogP contribution >= 0.6 is 11.8 Å². The number of hydrogen-bond acceptors (Lipinski definition) is 21. The average Bonchev–Trinajstić information content (AvgIpc) is 1.58. The van der Waals surface area contributed by atoms with E-state index in [1.54, 1.807) is 61.5 Å². The van der Waals surface area contributed by atoms with Gasteiger partial charge in [-0.25, -0.2) is 17.6 Å². The van der Waals surface area contributed by atoms with Crippen molar-refractivity contribution in [1.82, 2.24) is 77.3 Å². The number of carboxylic acid groups (broad SMARTS) is 2. The predicted octanol–water partition coefficient (Wildman–Crippen LogP) is 0.0549. The standard InChI is InChI=1S/C92H113F4N17O22S/c1-7-8-20-69-91(134)113-45-56(115)40-71(113)87(130)106-65(42-77(121)122)84(127)108-79(48(2)3)92(135)110(5)70(37-49-16-10-9-11-17-49)86(129)102-61(30-31-76(119)120)89(132)112-32-15-14-21-68(112)85(128)105-63(39-53-43-99-60-19-13-12-18-57(53)60)82(125)103-62(35-50-24-28-55(114)29-25-50)81(124)104-64(41-73(97)116)83(126)107-67(80(123)100-44-74(98)117)46-136-47-75(118)101-66(36-52-33-58(94)78(96)59(95)34-52)88(131)111(6)72(90(133)109(69)4)38-51-22-26-54(93)27-23-51/h9-13,16-19,22-29,33-34,43,48,56,61-72,79,99,114-115H,7-8,14-15,20-21,30-32,35-42,44-47H2,1-6H3,(H2,97,116)(H2,98,117)(H,100,123)(H,101,118)(H,102,129)(H,103,125)(H,104,124)(H,105,128)(H,106,130)(H,107,126)(H,108,127)(H,119,120)(H,121,122)/t56-,61-,62-,63+,64-,65-,66-,67-,68+,69-,70-,71+,72-,79+/m0/s1. The normalized spacial score (nSPS) is 23.9. The van der Waals surface area contributed by atoms with Crippen LogP contribution < -0.4 is 59.3 Å². The lowest BCUT2D eigenvalue weighted by molar-refractivity contribution is -0.152. The number of carbonyl (C=O) groups excluding carboxylic acids is 16. The zero-order valence-corrected chi connectivity index (χ0v) is 76.3. The molecule has 3 aliphatic heterocycles. The number of benzene rings is 5. The molecule has 136 heavy (non-hydrogen) atoms. The van der Waals surface area contributed by atoms with Crippen LogP contribution in [0.4, 0.5) is 17.6 Å². The first kappa shape index (κ1) is 106. The zero-order chi connectivity index (χ0) is 99.6. The monoisotopic (exact) mass is 1920 g/mol. The van der Waals surface area contributed by atoms with Crippen LogP contribution in [-0.4, -0.2) is 293 Å². The Labute approximate surface area is 783 Å². The van der Waals surface area contributed by atoms with Gasteiger partial charge in [-0.15, -0.1) is 11.8 Å². The smallest absolute Gasteiger partial charge is 0.305 e. The molecule has 9 rings (SSSR count). The van der Waals surface area contributed by atoms with Gasteiger partial charge in [0.1, 0.15) is 90.1 Å². The average molecular weight is 1920 g/mol. The molecule has 0 bridgehead atoms. The Bertz CT molecular complexity index is 5370. The fourth-order valence-electron chi connectivity index (χ4n) is 16.3. The number of piperidine rings is 1. The van der Waals surface area contributed by atoms with Crippen molar-refractivity contribution in [3.8, 4) is 5.75 Å². The number of carbonyl (C=O) groups is 18. The molecule has 16 amide bonds. The summed E-state index contributed by atoms with van der Waals surface area (Å²) in [7, 11) is 3.39. The molecule has 18 N–H and O–H groups in total.